The summed E-state index contributed by atoms with van der Waals surface area (Å²) in [6.07, 6.45) is 0. The zero-order valence-electron chi connectivity index (χ0n) is 9.15. The molecule has 0 aliphatic heterocycles. The summed E-state index contributed by atoms with van der Waals surface area (Å²) in [5.74, 6) is 0. The topological polar surface area (TPSA) is 28.7 Å². The van der Waals surface area contributed by atoms with Gasteiger partial charge in [-0.1, -0.05) is 53.2 Å². The summed E-state index contributed by atoms with van der Waals surface area (Å²) in [6.45, 7) is 0. The quantitative estimate of drug-likeness (QED) is 0.719. The van der Waals surface area contributed by atoms with E-state index < -0.39 is 0 Å². The second-order valence-electron chi connectivity index (χ2n) is 3.74. The van der Waals surface area contributed by atoms with Crippen LogP contribution in [0.15, 0.2) is 52.5 Å². The largest absolute Gasteiger partial charge is 0.333 e. The van der Waals surface area contributed by atoms with E-state index in [1.54, 1.807) is 23.9 Å². The Morgan fingerprint density at radius 3 is 2.50 bits per heavy atom. The Morgan fingerprint density at radius 2 is 1.72 bits per heavy atom. The van der Waals surface area contributed by atoms with Crippen molar-refractivity contribution in [2.24, 2.45) is 0 Å². The number of imidazole rings is 1. The van der Waals surface area contributed by atoms with Crippen LogP contribution >= 0.6 is 35.0 Å². The Hall–Kier alpha value is -1.16. The Kier molecular flexibility index (Phi) is 3.20. The van der Waals surface area contributed by atoms with Gasteiger partial charge in [-0.05, 0) is 24.3 Å². The number of nitrogens with zero attached hydrogens (tertiary/aromatic N) is 1. The molecule has 18 heavy (non-hydrogen) atoms. The third kappa shape index (κ3) is 2.34. The second kappa shape index (κ2) is 4.84. The first kappa shape index (κ1) is 11.9. The number of halogens is 2. The van der Waals surface area contributed by atoms with Crippen molar-refractivity contribution in [2.45, 2.75) is 10.1 Å². The fourth-order valence-corrected chi connectivity index (χ4v) is 2.77. The highest BCUT2D eigenvalue weighted by molar-refractivity contribution is 7.99. The monoisotopic (exact) mass is 294 g/mol. The van der Waals surface area contributed by atoms with Crippen LogP contribution in [-0.2, 0) is 0 Å². The van der Waals surface area contributed by atoms with E-state index in [1.807, 2.05) is 30.3 Å². The van der Waals surface area contributed by atoms with Crippen molar-refractivity contribution >= 4 is 46.0 Å². The molecule has 0 atom stereocenters. The van der Waals surface area contributed by atoms with Crippen LogP contribution in [0.3, 0.4) is 0 Å². The molecule has 0 amide bonds. The maximum Gasteiger partial charge on any atom is 0.171 e. The van der Waals surface area contributed by atoms with E-state index in [0.29, 0.717) is 10.0 Å². The lowest BCUT2D eigenvalue weighted by Crippen LogP contribution is -1.74. The van der Waals surface area contributed by atoms with Gasteiger partial charge in [0.15, 0.2) is 5.16 Å². The van der Waals surface area contributed by atoms with Crippen molar-refractivity contribution < 1.29 is 0 Å². The molecule has 2 nitrogen and oxygen atoms in total. The number of H-pyrrole nitrogens is 1. The first-order valence-corrected chi connectivity index (χ1v) is 6.87. The van der Waals surface area contributed by atoms with Gasteiger partial charge in [0.05, 0.1) is 21.1 Å². The molecule has 0 spiro atoms. The van der Waals surface area contributed by atoms with E-state index in [0.717, 1.165) is 21.1 Å². The maximum absolute atomic E-state index is 5.97. The van der Waals surface area contributed by atoms with Crippen molar-refractivity contribution in [3.63, 3.8) is 0 Å². The molecule has 0 radical (unpaired) electrons. The normalized spacial score (nSPS) is 11.0. The minimum atomic E-state index is 0.520. The molecule has 1 aromatic heterocycles. The van der Waals surface area contributed by atoms with Crippen molar-refractivity contribution in [2.75, 3.05) is 0 Å². The van der Waals surface area contributed by atoms with Crippen molar-refractivity contribution in [3.05, 3.63) is 52.5 Å². The molecule has 0 aliphatic rings. The van der Waals surface area contributed by atoms with Crippen LogP contribution in [-0.4, -0.2) is 9.97 Å². The number of aromatic nitrogens is 2. The van der Waals surface area contributed by atoms with E-state index in [9.17, 15) is 0 Å². The average Bonchev–Trinajstić information content (AvgIpc) is 2.72. The number of hydrogen-bond acceptors (Lipinski definition) is 2. The van der Waals surface area contributed by atoms with Crippen LogP contribution in [0.1, 0.15) is 0 Å². The zero-order valence-corrected chi connectivity index (χ0v) is 11.5. The molecule has 1 N–H and O–H groups in total. The predicted octanol–water partition coefficient (Wildman–Crippen LogP) is 5.02. The van der Waals surface area contributed by atoms with Crippen LogP contribution < -0.4 is 0 Å². The van der Waals surface area contributed by atoms with Gasteiger partial charge in [0.2, 0.25) is 0 Å². The summed E-state index contributed by atoms with van der Waals surface area (Å²) >= 11 is 13.5. The fourth-order valence-electron chi connectivity index (χ4n) is 1.63. The Balaban J connectivity index is 1.99. The third-order valence-electron chi connectivity index (χ3n) is 2.46. The first-order chi connectivity index (χ1) is 8.72. The van der Waals surface area contributed by atoms with Crippen LogP contribution in [0.5, 0.6) is 0 Å². The minimum Gasteiger partial charge on any atom is -0.333 e. The van der Waals surface area contributed by atoms with Gasteiger partial charge in [0, 0.05) is 4.90 Å². The fraction of sp³-hybridized carbons (Fsp3) is 0. The minimum absolute atomic E-state index is 0.520. The molecule has 0 aliphatic carbocycles. The summed E-state index contributed by atoms with van der Waals surface area (Å²) in [4.78, 5) is 8.83. The van der Waals surface area contributed by atoms with Gasteiger partial charge in [0.25, 0.3) is 0 Å². The van der Waals surface area contributed by atoms with E-state index in [2.05, 4.69) is 9.97 Å². The zero-order chi connectivity index (χ0) is 12.5. The number of aromatic amines is 1. The van der Waals surface area contributed by atoms with Gasteiger partial charge >= 0.3 is 0 Å². The second-order valence-corrected chi connectivity index (χ2v) is 5.62. The van der Waals surface area contributed by atoms with Gasteiger partial charge in [-0.25, -0.2) is 4.98 Å². The van der Waals surface area contributed by atoms with Crippen LogP contribution in [0, 0.1) is 0 Å². The average molecular weight is 295 g/mol. The Bertz CT molecular complexity index is 656. The first-order valence-electron chi connectivity index (χ1n) is 5.30. The van der Waals surface area contributed by atoms with E-state index in [-0.39, 0.29) is 0 Å². The number of hydrogen-bond donors (Lipinski definition) is 1. The number of nitrogens with one attached hydrogen (secondary N) is 1. The van der Waals surface area contributed by atoms with Crippen molar-refractivity contribution in [1.82, 2.24) is 9.97 Å². The van der Waals surface area contributed by atoms with E-state index in [1.165, 1.54) is 0 Å². The number of benzene rings is 2. The van der Waals surface area contributed by atoms with Gasteiger partial charge in [-0.15, -0.1) is 0 Å². The van der Waals surface area contributed by atoms with Crippen LogP contribution in [0.25, 0.3) is 11.0 Å². The van der Waals surface area contributed by atoms with Crippen LogP contribution in [0.4, 0.5) is 0 Å². The number of fused-ring (bicyclic) bond motifs is 1. The van der Waals surface area contributed by atoms with Gasteiger partial charge in [-0.3, -0.25) is 0 Å². The summed E-state index contributed by atoms with van der Waals surface area (Å²) < 4.78 is 0. The van der Waals surface area contributed by atoms with E-state index in [4.69, 9.17) is 23.2 Å². The number of rotatable bonds is 2. The highest BCUT2D eigenvalue weighted by atomic mass is 35.5. The summed E-state index contributed by atoms with van der Waals surface area (Å²) in [5, 5.41) is 1.88. The smallest absolute Gasteiger partial charge is 0.171 e. The SMILES string of the molecule is Clc1cc2nc(Sc3ccccc3)[nH]c2cc1Cl. The van der Waals surface area contributed by atoms with Crippen molar-refractivity contribution in [3.8, 4) is 0 Å². The Labute approximate surface area is 118 Å². The lowest BCUT2D eigenvalue weighted by atomic mass is 10.3. The van der Waals surface area contributed by atoms with Crippen LogP contribution in [0.2, 0.25) is 10.0 Å². The van der Waals surface area contributed by atoms with Gasteiger partial charge in [0.1, 0.15) is 0 Å². The molecule has 0 unspecified atom stereocenters. The molecular weight excluding hydrogens is 287 g/mol. The molecule has 0 saturated carbocycles. The summed E-state index contributed by atoms with van der Waals surface area (Å²) in [7, 11) is 0. The highest BCUT2D eigenvalue weighted by Gasteiger charge is 2.07. The maximum atomic E-state index is 5.97. The molecule has 0 bridgehead atoms. The summed E-state index contributed by atoms with van der Waals surface area (Å²) in [6, 6.07) is 13.6. The predicted molar refractivity (Wildman–Crippen MR) is 76.7 cm³/mol. The van der Waals surface area contributed by atoms with Crippen molar-refractivity contribution in [1.29, 1.82) is 0 Å². The molecule has 2 aromatic carbocycles. The molecule has 3 aromatic rings. The Morgan fingerprint density at radius 1 is 1.00 bits per heavy atom. The lowest BCUT2D eigenvalue weighted by molar-refractivity contribution is 1.08. The molecule has 0 saturated heterocycles. The lowest BCUT2D eigenvalue weighted by Gasteiger charge is -1.95. The molecular formula is C13H8Cl2N2S. The highest BCUT2D eigenvalue weighted by Crippen LogP contribution is 2.30. The standard InChI is InChI=1S/C13H8Cl2N2S/c14-9-6-11-12(7-10(9)15)17-13(16-11)18-8-4-2-1-3-5-8/h1-7H,(H,16,17). The molecule has 0 fully saturated rings. The molecule has 1 heterocycles. The molecule has 5 heteroatoms. The van der Waals surface area contributed by atoms with Gasteiger partial charge in [-0.2, -0.15) is 0 Å². The van der Waals surface area contributed by atoms with Gasteiger partial charge < -0.3 is 4.98 Å². The third-order valence-corrected chi connectivity index (χ3v) is 4.08. The molecule has 90 valence electrons. The summed E-state index contributed by atoms with van der Waals surface area (Å²) in [5.41, 5.74) is 1.71. The van der Waals surface area contributed by atoms with E-state index >= 15 is 0 Å². The molecule has 3 rings (SSSR count).